The molecule has 2 aliphatic rings. The van der Waals surface area contributed by atoms with Crippen LogP contribution in [0.5, 0.6) is 0 Å². The lowest BCUT2D eigenvalue weighted by atomic mass is 9.77. The zero-order valence-electron chi connectivity index (χ0n) is 11.5. The van der Waals surface area contributed by atoms with Gasteiger partial charge in [-0.1, -0.05) is 26.7 Å². The highest BCUT2D eigenvalue weighted by atomic mass is 16.1. The second kappa shape index (κ2) is 5.51. The number of piperidine rings is 1. The summed E-state index contributed by atoms with van der Waals surface area (Å²) in [6.45, 7) is 6.45. The Balaban J connectivity index is 2.01. The maximum absolute atomic E-state index is 11.3. The second-order valence-electron chi connectivity index (χ2n) is 6.35. The maximum Gasteiger partial charge on any atom is 0.127 e. The molecule has 2 heteroatoms. The lowest BCUT2D eigenvalue weighted by molar-refractivity contribution is -0.117. The fourth-order valence-electron chi connectivity index (χ4n) is 3.62. The van der Waals surface area contributed by atoms with Gasteiger partial charge in [-0.15, -0.1) is 0 Å². The minimum absolute atomic E-state index is 0.126. The Morgan fingerprint density at radius 1 is 1.24 bits per heavy atom. The van der Waals surface area contributed by atoms with E-state index in [1.807, 2.05) is 0 Å². The third kappa shape index (κ3) is 2.90. The summed E-state index contributed by atoms with van der Waals surface area (Å²) in [4.78, 5) is 13.9. The molecule has 2 rings (SSSR count). The van der Waals surface area contributed by atoms with Crippen LogP contribution in [-0.4, -0.2) is 30.3 Å². The van der Waals surface area contributed by atoms with Crippen molar-refractivity contribution in [1.29, 1.82) is 0 Å². The first kappa shape index (κ1) is 13.1. The first-order valence-corrected chi connectivity index (χ1v) is 7.39. The first-order valence-electron chi connectivity index (χ1n) is 7.39. The highest BCUT2D eigenvalue weighted by Gasteiger charge is 2.36. The highest BCUT2D eigenvalue weighted by molar-refractivity contribution is 5.58. The summed E-state index contributed by atoms with van der Waals surface area (Å²) in [5.41, 5.74) is -0.126. The number of carbonyl (C=O) groups excluding carboxylic acids is 1. The van der Waals surface area contributed by atoms with Crippen molar-refractivity contribution in [3.8, 4) is 0 Å². The van der Waals surface area contributed by atoms with Gasteiger partial charge in [0.1, 0.15) is 6.29 Å². The third-order valence-corrected chi connectivity index (χ3v) is 5.01. The molecule has 2 fully saturated rings. The molecule has 1 unspecified atom stereocenters. The minimum Gasteiger partial charge on any atom is -0.303 e. The van der Waals surface area contributed by atoms with Crippen LogP contribution >= 0.6 is 0 Å². The number of hydrogen-bond acceptors (Lipinski definition) is 2. The zero-order chi connectivity index (χ0) is 12.3. The normalized spacial score (nSPS) is 33.8. The van der Waals surface area contributed by atoms with Crippen LogP contribution in [0.4, 0.5) is 0 Å². The van der Waals surface area contributed by atoms with Crippen LogP contribution in [0.2, 0.25) is 0 Å². The molecule has 1 saturated heterocycles. The maximum atomic E-state index is 11.3. The van der Waals surface area contributed by atoms with Gasteiger partial charge >= 0.3 is 0 Å². The van der Waals surface area contributed by atoms with E-state index in [0.29, 0.717) is 0 Å². The third-order valence-electron chi connectivity index (χ3n) is 5.01. The van der Waals surface area contributed by atoms with Crippen LogP contribution in [0.25, 0.3) is 0 Å². The molecule has 0 bridgehead atoms. The summed E-state index contributed by atoms with van der Waals surface area (Å²) >= 11 is 0. The van der Waals surface area contributed by atoms with Crippen LogP contribution in [0, 0.1) is 11.3 Å². The SMILES string of the molecule is CCC(C)(C=O)CN1CCC[C@H]2CCCC[C@H]21. The van der Waals surface area contributed by atoms with Gasteiger partial charge in [0.15, 0.2) is 0 Å². The number of likely N-dealkylation sites (tertiary alicyclic amines) is 1. The van der Waals surface area contributed by atoms with Crippen molar-refractivity contribution in [2.24, 2.45) is 11.3 Å². The van der Waals surface area contributed by atoms with Gasteiger partial charge < -0.3 is 4.79 Å². The fourth-order valence-corrected chi connectivity index (χ4v) is 3.62. The van der Waals surface area contributed by atoms with Gasteiger partial charge in [0.25, 0.3) is 0 Å². The molecule has 2 nitrogen and oxygen atoms in total. The molecule has 0 aromatic rings. The number of hydrogen-bond donors (Lipinski definition) is 0. The van der Waals surface area contributed by atoms with Gasteiger partial charge in [-0.05, 0) is 44.6 Å². The number of carbonyl (C=O) groups is 1. The Morgan fingerprint density at radius 2 is 1.94 bits per heavy atom. The molecule has 1 aliphatic heterocycles. The Kier molecular flexibility index (Phi) is 4.24. The molecule has 3 atom stereocenters. The summed E-state index contributed by atoms with van der Waals surface area (Å²) in [7, 11) is 0. The van der Waals surface area contributed by atoms with Crippen molar-refractivity contribution in [2.45, 2.75) is 64.8 Å². The van der Waals surface area contributed by atoms with E-state index in [4.69, 9.17) is 0 Å². The molecule has 0 amide bonds. The molecule has 1 saturated carbocycles. The lowest BCUT2D eigenvalue weighted by Gasteiger charge is -2.46. The Hall–Kier alpha value is -0.370. The summed E-state index contributed by atoms with van der Waals surface area (Å²) in [6, 6.07) is 0.781. The van der Waals surface area contributed by atoms with Gasteiger partial charge in [0.05, 0.1) is 0 Å². The first-order chi connectivity index (χ1) is 8.18. The van der Waals surface area contributed by atoms with Crippen LogP contribution in [-0.2, 0) is 4.79 Å². The van der Waals surface area contributed by atoms with Crippen LogP contribution < -0.4 is 0 Å². The molecule has 0 aromatic carbocycles. The average Bonchev–Trinajstić information content (AvgIpc) is 2.39. The topological polar surface area (TPSA) is 20.3 Å². The van der Waals surface area contributed by atoms with Gasteiger partial charge in [-0.3, -0.25) is 4.90 Å². The molecule has 0 spiro atoms. The van der Waals surface area contributed by atoms with E-state index in [1.165, 1.54) is 51.4 Å². The highest BCUT2D eigenvalue weighted by Crippen LogP contribution is 2.36. The van der Waals surface area contributed by atoms with Crippen molar-refractivity contribution in [3.05, 3.63) is 0 Å². The molecule has 0 aromatic heterocycles. The number of aldehydes is 1. The van der Waals surface area contributed by atoms with E-state index >= 15 is 0 Å². The molecule has 98 valence electrons. The Morgan fingerprint density at radius 3 is 2.65 bits per heavy atom. The fraction of sp³-hybridized carbons (Fsp3) is 0.933. The summed E-state index contributed by atoms with van der Waals surface area (Å²) in [5.74, 6) is 0.922. The molecular weight excluding hydrogens is 210 g/mol. The van der Waals surface area contributed by atoms with Gasteiger partial charge in [-0.25, -0.2) is 0 Å². The van der Waals surface area contributed by atoms with Gasteiger partial charge in [0.2, 0.25) is 0 Å². The lowest BCUT2D eigenvalue weighted by Crippen LogP contribution is -2.50. The molecule has 1 heterocycles. The van der Waals surface area contributed by atoms with Gasteiger partial charge in [0, 0.05) is 18.0 Å². The quantitative estimate of drug-likeness (QED) is 0.700. The number of rotatable bonds is 4. The van der Waals surface area contributed by atoms with E-state index in [1.54, 1.807) is 0 Å². The summed E-state index contributed by atoms with van der Waals surface area (Å²) in [5, 5.41) is 0. The molecule has 1 aliphatic carbocycles. The standard InChI is InChI=1S/C15H27NO/c1-3-15(2,12-17)11-16-10-6-8-13-7-4-5-9-14(13)16/h12-14H,3-11H2,1-2H3/t13-,14-,15?/m1/s1. The monoisotopic (exact) mass is 237 g/mol. The Labute approximate surface area is 106 Å². The molecule has 0 N–H and O–H groups in total. The predicted octanol–water partition coefficient (Wildman–Crippen LogP) is 3.26. The summed E-state index contributed by atoms with van der Waals surface area (Å²) in [6.07, 6.45) is 10.5. The van der Waals surface area contributed by atoms with Crippen molar-refractivity contribution in [3.63, 3.8) is 0 Å². The van der Waals surface area contributed by atoms with Gasteiger partial charge in [-0.2, -0.15) is 0 Å². The molecule has 0 radical (unpaired) electrons. The van der Waals surface area contributed by atoms with Crippen LogP contribution in [0.3, 0.4) is 0 Å². The number of nitrogens with zero attached hydrogens (tertiary/aromatic N) is 1. The van der Waals surface area contributed by atoms with E-state index in [0.717, 1.165) is 24.9 Å². The van der Waals surface area contributed by atoms with E-state index in [9.17, 15) is 4.79 Å². The largest absolute Gasteiger partial charge is 0.303 e. The summed E-state index contributed by atoms with van der Waals surface area (Å²) < 4.78 is 0. The second-order valence-corrected chi connectivity index (χ2v) is 6.35. The van der Waals surface area contributed by atoms with Crippen molar-refractivity contribution < 1.29 is 4.79 Å². The minimum atomic E-state index is -0.126. The van der Waals surface area contributed by atoms with E-state index in [2.05, 4.69) is 18.7 Å². The Bertz CT molecular complexity index is 264. The number of fused-ring (bicyclic) bond motifs is 1. The van der Waals surface area contributed by atoms with Crippen LogP contribution in [0.15, 0.2) is 0 Å². The zero-order valence-corrected chi connectivity index (χ0v) is 11.5. The predicted molar refractivity (Wildman–Crippen MR) is 71.0 cm³/mol. The smallest absolute Gasteiger partial charge is 0.127 e. The van der Waals surface area contributed by atoms with Crippen molar-refractivity contribution in [2.75, 3.05) is 13.1 Å². The van der Waals surface area contributed by atoms with E-state index < -0.39 is 0 Å². The molecular formula is C15H27NO. The molecule has 17 heavy (non-hydrogen) atoms. The van der Waals surface area contributed by atoms with Crippen LogP contribution in [0.1, 0.15) is 58.8 Å². The average molecular weight is 237 g/mol. The van der Waals surface area contributed by atoms with E-state index in [-0.39, 0.29) is 5.41 Å². The van der Waals surface area contributed by atoms with Crippen molar-refractivity contribution >= 4 is 6.29 Å². The van der Waals surface area contributed by atoms with Crippen molar-refractivity contribution in [1.82, 2.24) is 4.90 Å².